The van der Waals surface area contributed by atoms with Crippen molar-refractivity contribution in [2.45, 2.75) is 39.3 Å². The first-order valence-electron chi connectivity index (χ1n) is 7.62. The van der Waals surface area contributed by atoms with Crippen molar-refractivity contribution in [1.29, 1.82) is 0 Å². The lowest BCUT2D eigenvalue weighted by Gasteiger charge is -2.28. The summed E-state index contributed by atoms with van der Waals surface area (Å²) in [5.74, 6) is 0.986. The summed E-state index contributed by atoms with van der Waals surface area (Å²) in [5.41, 5.74) is 2.87. The molecule has 4 nitrogen and oxygen atoms in total. The average Bonchev–Trinajstić information content (AvgIpc) is 2.49. The molecule has 1 aliphatic heterocycles. The minimum atomic E-state index is 0.0195. The molecular formula is C17H20ClN3O. The Bertz CT molecular complexity index is 739. The Morgan fingerprint density at radius 3 is 2.86 bits per heavy atom. The molecule has 0 saturated carbocycles. The van der Waals surface area contributed by atoms with E-state index < -0.39 is 0 Å². The standard InChI is InChI=1S/C17H20ClN3O/c1-11(2)16-19-15-10-21(8-7-13(15)17(22)20-16)9-12-5-3-4-6-14(12)18/h3-6,11H,7-10H2,1-2H3,(H,19,20,22). The second kappa shape index (κ2) is 6.23. The Morgan fingerprint density at radius 1 is 1.36 bits per heavy atom. The van der Waals surface area contributed by atoms with E-state index in [2.05, 4.69) is 14.9 Å². The van der Waals surface area contributed by atoms with Crippen LogP contribution in [0, 0.1) is 0 Å². The van der Waals surface area contributed by atoms with Gasteiger partial charge in [-0.15, -0.1) is 0 Å². The Balaban J connectivity index is 1.84. The third-order valence-electron chi connectivity index (χ3n) is 4.07. The van der Waals surface area contributed by atoms with Crippen LogP contribution in [0.4, 0.5) is 0 Å². The van der Waals surface area contributed by atoms with Crippen LogP contribution in [0.5, 0.6) is 0 Å². The fourth-order valence-electron chi connectivity index (χ4n) is 2.79. The van der Waals surface area contributed by atoms with Crippen LogP contribution in [0.25, 0.3) is 0 Å². The number of hydrogen-bond donors (Lipinski definition) is 1. The minimum absolute atomic E-state index is 0.0195. The number of rotatable bonds is 3. The highest BCUT2D eigenvalue weighted by atomic mass is 35.5. The molecule has 116 valence electrons. The molecule has 0 radical (unpaired) electrons. The molecule has 0 aliphatic carbocycles. The van der Waals surface area contributed by atoms with Gasteiger partial charge in [-0.25, -0.2) is 4.98 Å². The van der Waals surface area contributed by atoms with Crippen molar-refractivity contribution in [3.05, 3.63) is 62.3 Å². The van der Waals surface area contributed by atoms with Crippen LogP contribution in [-0.4, -0.2) is 21.4 Å². The SMILES string of the molecule is CC(C)c1nc2c(c(=O)[nH]1)CCN(Cc1ccccc1Cl)C2. The number of aromatic nitrogens is 2. The van der Waals surface area contributed by atoms with Gasteiger partial charge in [0.05, 0.1) is 5.69 Å². The van der Waals surface area contributed by atoms with Gasteiger partial charge >= 0.3 is 0 Å². The van der Waals surface area contributed by atoms with Gasteiger partial charge in [-0.2, -0.15) is 0 Å². The third kappa shape index (κ3) is 3.08. The van der Waals surface area contributed by atoms with E-state index in [1.54, 1.807) is 0 Å². The van der Waals surface area contributed by atoms with Crippen LogP contribution in [0.3, 0.4) is 0 Å². The predicted octanol–water partition coefficient (Wildman–Crippen LogP) is 3.11. The number of aromatic amines is 1. The second-order valence-electron chi connectivity index (χ2n) is 6.08. The number of nitrogens with zero attached hydrogens (tertiary/aromatic N) is 2. The fraction of sp³-hybridized carbons (Fsp3) is 0.412. The molecule has 1 aromatic heterocycles. The molecule has 0 saturated heterocycles. The van der Waals surface area contributed by atoms with Gasteiger partial charge in [-0.3, -0.25) is 9.69 Å². The topological polar surface area (TPSA) is 49.0 Å². The molecule has 1 aliphatic rings. The van der Waals surface area contributed by atoms with E-state index in [1.807, 2.05) is 38.1 Å². The van der Waals surface area contributed by atoms with Crippen LogP contribution in [0.15, 0.2) is 29.1 Å². The zero-order chi connectivity index (χ0) is 15.7. The Morgan fingerprint density at radius 2 is 2.14 bits per heavy atom. The van der Waals surface area contributed by atoms with E-state index in [0.717, 1.165) is 47.2 Å². The third-order valence-corrected chi connectivity index (χ3v) is 4.44. The van der Waals surface area contributed by atoms with Gasteiger partial charge in [-0.05, 0) is 18.1 Å². The maximum atomic E-state index is 12.2. The maximum Gasteiger partial charge on any atom is 0.254 e. The Hall–Kier alpha value is -1.65. The molecule has 22 heavy (non-hydrogen) atoms. The highest BCUT2D eigenvalue weighted by Gasteiger charge is 2.22. The van der Waals surface area contributed by atoms with Gasteiger partial charge in [0.15, 0.2) is 0 Å². The number of H-pyrrole nitrogens is 1. The van der Waals surface area contributed by atoms with Gasteiger partial charge in [0.2, 0.25) is 0 Å². The van der Waals surface area contributed by atoms with E-state index in [-0.39, 0.29) is 11.5 Å². The summed E-state index contributed by atoms with van der Waals surface area (Å²) in [7, 11) is 0. The quantitative estimate of drug-likeness (QED) is 0.946. The van der Waals surface area contributed by atoms with Crippen LogP contribution in [0.1, 0.15) is 42.4 Å². The van der Waals surface area contributed by atoms with Crippen molar-refractivity contribution in [2.24, 2.45) is 0 Å². The molecule has 2 heterocycles. The summed E-state index contributed by atoms with van der Waals surface area (Å²) >= 11 is 6.24. The molecule has 3 rings (SSSR count). The summed E-state index contributed by atoms with van der Waals surface area (Å²) in [6, 6.07) is 7.89. The van der Waals surface area contributed by atoms with Gasteiger partial charge in [0, 0.05) is 36.1 Å². The van der Waals surface area contributed by atoms with Crippen LogP contribution in [0.2, 0.25) is 5.02 Å². The largest absolute Gasteiger partial charge is 0.310 e. The summed E-state index contributed by atoms with van der Waals surface area (Å²) in [4.78, 5) is 22.0. The number of hydrogen-bond acceptors (Lipinski definition) is 3. The molecule has 0 unspecified atom stereocenters. The fourth-order valence-corrected chi connectivity index (χ4v) is 2.98. The Labute approximate surface area is 135 Å². The van der Waals surface area contributed by atoms with E-state index in [9.17, 15) is 4.79 Å². The Kier molecular flexibility index (Phi) is 4.32. The van der Waals surface area contributed by atoms with E-state index in [0.29, 0.717) is 6.54 Å². The second-order valence-corrected chi connectivity index (χ2v) is 6.49. The van der Waals surface area contributed by atoms with Gasteiger partial charge in [-0.1, -0.05) is 43.6 Å². The highest BCUT2D eigenvalue weighted by molar-refractivity contribution is 6.31. The number of nitrogens with one attached hydrogen (secondary N) is 1. The molecular weight excluding hydrogens is 298 g/mol. The molecule has 0 fully saturated rings. The number of halogens is 1. The summed E-state index contributed by atoms with van der Waals surface area (Å²) in [6.07, 6.45) is 0.737. The van der Waals surface area contributed by atoms with Crippen LogP contribution < -0.4 is 5.56 Å². The molecule has 0 amide bonds. The first kappa shape index (κ1) is 15.3. The number of fused-ring (bicyclic) bond motifs is 1. The smallest absolute Gasteiger partial charge is 0.254 e. The van der Waals surface area contributed by atoms with Crippen molar-refractivity contribution in [3.63, 3.8) is 0 Å². The molecule has 2 aromatic rings. The molecule has 1 N–H and O–H groups in total. The van der Waals surface area contributed by atoms with E-state index >= 15 is 0 Å². The van der Waals surface area contributed by atoms with Gasteiger partial charge < -0.3 is 4.98 Å². The number of benzene rings is 1. The van der Waals surface area contributed by atoms with Crippen molar-refractivity contribution >= 4 is 11.6 Å². The normalized spacial score (nSPS) is 15.1. The molecule has 0 spiro atoms. The van der Waals surface area contributed by atoms with Crippen LogP contribution in [-0.2, 0) is 19.5 Å². The van der Waals surface area contributed by atoms with Gasteiger partial charge in [0.1, 0.15) is 5.82 Å². The molecule has 5 heteroatoms. The van der Waals surface area contributed by atoms with Crippen molar-refractivity contribution < 1.29 is 0 Å². The first-order valence-corrected chi connectivity index (χ1v) is 8.00. The van der Waals surface area contributed by atoms with Crippen LogP contribution >= 0.6 is 11.6 Å². The lowest BCUT2D eigenvalue weighted by Crippen LogP contribution is -2.35. The predicted molar refractivity (Wildman–Crippen MR) is 88.2 cm³/mol. The van der Waals surface area contributed by atoms with E-state index in [1.165, 1.54) is 0 Å². The zero-order valence-electron chi connectivity index (χ0n) is 12.9. The summed E-state index contributed by atoms with van der Waals surface area (Å²) in [5, 5.41) is 0.787. The van der Waals surface area contributed by atoms with Crippen molar-refractivity contribution in [3.8, 4) is 0 Å². The summed E-state index contributed by atoms with van der Waals surface area (Å²) < 4.78 is 0. The molecule has 0 bridgehead atoms. The molecule has 0 atom stereocenters. The van der Waals surface area contributed by atoms with Gasteiger partial charge in [0.25, 0.3) is 5.56 Å². The lowest BCUT2D eigenvalue weighted by molar-refractivity contribution is 0.240. The zero-order valence-corrected chi connectivity index (χ0v) is 13.7. The minimum Gasteiger partial charge on any atom is -0.310 e. The maximum absolute atomic E-state index is 12.2. The monoisotopic (exact) mass is 317 g/mol. The highest BCUT2D eigenvalue weighted by Crippen LogP contribution is 2.21. The molecule has 1 aromatic carbocycles. The van der Waals surface area contributed by atoms with Crippen molar-refractivity contribution in [1.82, 2.24) is 14.9 Å². The first-order chi connectivity index (χ1) is 10.5. The summed E-state index contributed by atoms with van der Waals surface area (Å²) in [6.45, 7) is 6.41. The van der Waals surface area contributed by atoms with E-state index in [4.69, 9.17) is 11.6 Å². The average molecular weight is 318 g/mol. The lowest BCUT2D eigenvalue weighted by atomic mass is 10.0. The van der Waals surface area contributed by atoms with Crippen molar-refractivity contribution in [2.75, 3.05) is 6.54 Å².